The molecule has 1 N–H and O–H groups in total. The van der Waals surface area contributed by atoms with Crippen LogP contribution >= 0.6 is 0 Å². The van der Waals surface area contributed by atoms with Crippen LogP contribution in [-0.4, -0.2) is 68.4 Å². The van der Waals surface area contributed by atoms with Crippen molar-refractivity contribution in [2.24, 2.45) is 5.92 Å². The predicted molar refractivity (Wildman–Crippen MR) is 68.5 cm³/mol. The van der Waals surface area contributed by atoms with Gasteiger partial charge in [-0.2, -0.15) is 4.31 Å². The van der Waals surface area contributed by atoms with Gasteiger partial charge in [0.1, 0.15) is 0 Å². The molecule has 0 aromatic carbocycles. The number of nitrogens with zero attached hydrogens (tertiary/aromatic N) is 1. The fraction of sp³-hybridized carbons (Fsp3) is 0.818. The molecule has 116 valence electrons. The van der Waals surface area contributed by atoms with Crippen LogP contribution in [0.25, 0.3) is 0 Å². The van der Waals surface area contributed by atoms with Crippen LogP contribution in [0.3, 0.4) is 0 Å². The highest BCUT2D eigenvalue weighted by atomic mass is 32.2. The van der Waals surface area contributed by atoms with Gasteiger partial charge in [0.2, 0.25) is 10.0 Å². The summed E-state index contributed by atoms with van der Waals surface area (Å²) >= 11 is 0. The number of esters is 1. The molecule has 0 aromatic heterocycles. The average molecular weight is 309 g/mol. The van der Waals surface area contributed by atoms with Crippen molar-refractivity contribution in [2.75, 3.05) is 32.6 Å². The van der Waals surface area contributed by atoms with E-state index in [2.05, 4.69) is 4.74 Å². The van der Waals surface area contributed by atoms with E-state index >= 15 is 0 Å². The molecule has 0 aliphatic carbocycles. The molecule has 2 atom stereocenters. The zero-order chi connectivity index (χ0) is 15.3. The maximum absolute atomic E-state index is 12.2. The number of hydrogen-bond acceptors (Lipinski definition) is 6. The normalized spacial score (nSPS) is 22.9. The minimum absolute atomic E-state index is 0.0109. The van der Waals surface area contributed by atoms with Gasteiger partial charge in [-0.1, -0.05) is 6.92 Å². The lowest BCUT2D eigenvalue weighted by molar-refractivity contribution is -0.143. The smallest absolute Gasteiger partial charge is 0.310 e. The van der Waals surface area contributed by atoms with Crippen LogP contribution in [-0.2, 0) is 29.1 Å². The average Bonchev–Trinajstić information content (AvgIpc) is 2.85. The molecule has 0 spiro atoms. The minimum atomic E-state index is -3.74. The first kappa shape index (κ1) is 16.9. The molecule has 0 saturated carbocycles. The molecule has 20 heavy (non-hydrogen) atoms. The molecule has 1 aliphatic heterocycles. The number of carboxylic acid groups (broad SMARTS) is 1. The standard InChI is InChI=1S/C11H19NO7S/c1-3-12(9-7-19-6-8(9)11(14)15)20(16,17)5-4-10(13)18-2/h8-9H,3-7H2,1-2H3,(H,14,15). The van der Waals surface area contributed by atoms with E-state index in [1.807, 2.05) is 0 Å². The van der Waals surface area contributed by atoms with Crippen LogP contribution in [0.5, 0.6) is 0 Å². The minimum Gasteiger partial charge on any atom is -0.481 e. The van der Waals surface area contributed by atoms with Crippen LogP contribution in [0.15, 0.2) is 0 Å². The van der Waals surface area contributed by atoms with Gasteiger partial charge in [0, 0.05) is 6.54 Å². The number of methoxy groups -OCH3 is 1. The molecule has 0 bridgehead atoms. The van der Waals surface area contributed by atoms with E-state index in [9.17, 15) is 18.0 Å². The van der Waals surface area contributed by atoms with Crippen LogP contribution in [0, 0.1) is 5.92 Å². The zero-order valence-electron chi connectivity index (χ0n) is 11.4. The van der Waals surface area contributed by atoms with Gasteiger partial charge in [-0.25, -0.2) is 8.42 Å². The summed E-state index contributed by atoms with van der Waals surface area (Å²) in [5, 5.41) is 9.07. The fourth-order valence-electron chi connectivity index (χ4n) is 2.13. The van der Waals surface area contributed by atoms with Crippen LogP contribution in [0.4, 0.5) is 0 Å². The van der Waals surface area contributed by atoms with Gasteiger partial charge in [0.05, 0.1) is 44.5 Å². The first-order valence-corrected chi connectivity index (χ1v) is 7.81. The Labute approximate surface area is 117 Å². The van der Waals surface area contributed by atoms with Gasteiger partial charge >= 0.3 is 11.9 Å². The third kappa shape index (κ3) is 3.90. The van der Waals surface area contributed by atoms with Gasteiger partial charge in [-0.05, 0) is 0 Å². The lowest BCUT2D eigenvalue weighted by Crippen LogP contribution is -2.47. The van der Waals surface area contributed by atoms with E-state index in [4.69, 9.17) is 9.84 Å². The lowest BCUT2D eigenvalue weighted by atomic mass is 10.0. The molecule has 8 nitrogen and oxygen atoms in total. The molecule has 1 saturated heterocycles. The number of hydrogen-bond donors (Lipinski definition) is 1. The second kappa shape index (κ2) is 7.00. The molecule has 1 rings (SSSR count). The Morgan fingerprint density at radius 1 is 1.40 bits per heavy atom. The summed E-state index contributed by atoms with van der Waals surface area (Å²) in [4.78, 5) is 22.1. The van der Waals surface area contributed by atoms with E-state index in [0.717, 1.165) is 4.31 Å². The summed E-state index contributed by atoms with van der Waals surface area (Å²) in [6.07, 6.45) is -0.263. The number of rotatable bonds is 7. The third-order valence-corrected chi connectivity index (χ3v) is 5.16. The van der Waals surface area contributed by atoms with Crippen molar-refractivity contribution in [3.05, 3.63) is 0 Å². The predicted octanol–water partition coefficient (Wildman–Crippen LogP) is -0.699. The summed E-state index contributed by atoms with van der Waals surface area (Å²) in [5.74, 6) is -3.00. The molecule has 1 heterocycles. The van der Waals surface area contributed by atoms with Gasteiger partial charge in [-0.15, -0.1) is 0 Å². The molecule has 1 fully saturated rings. The summed E-state index contributed by atoms with van der Waals surface area (Å²) in [6, 6.07) is -0.736. The summed E-state index contributed by atoms with van der Waals surface area (Å²) in [7, 11) is -2.56. The van der Waals surface area contributed by atoms with E-state index in [-0.39, 0.29) is 26.2 Å². The van der Waals surface area contributed by atoms with Crippen molar-refractivity contribution in [1.82, 2.24) is 4.31 Å². The number of ether oxygens (including phenoxy) is 2. The van der Waals surface area contributed by atoms with Gasteiger partial charge < -0.3 is 14.6 Å². The molecule has 9 heteroatoms. The lowest BCUT2D eigenvalue weighted by Gasteiger charge is -2.28. The SMILES string of the molecule is CCN(C1COCC1C(=O)O)S(=O)(=O)CCC(=O)OC. The van der Waals surface area contributed by atoms with Crippen molar-refractivity contribution < 1.29 is 32.6 Å². The van der Waals surface area contributed by atoms with Gasteiger partial charge in [0.25, 0.3) is 0 Å². The highest BCUT2D eigenvalue weighted by Crippen LogP contribution is 2.23. The topological polar surface area (TPSA) is 110 Å². The van der Waals surface area contributed by atoms with Crippen molar-refractivity contribution in [1.29, 1.82) is 0 Å². The Bertz CT molecular complexity index is 461. The first-order chi connectivity index (χ1) is 9.33. The van der Waals surface area contributed by atoms with Crippen molar-refractivity contribution in [3.8, 4) is 0 Å². The molecule has 0 radical (unpaired) electrons. The fourth-order valence-corrected chi connectivity index (χ4v) is 3.80. The molecular formula is C11H19NO7S. The molecule has 0 amide bonds. The summed E-state index contributed by atoms with van der Waals surface area (Å²) in [5.41, 5.74) is 0. The Morgan fingerprint density at radius 3 is 2.55 bits per heavy atom. The summed E-state index contributed by atoms with van der Waals surface area (Å²) < 4.78 is 35.0. The van der Waals surface area contributed by atoms with E-state index < -0.39 is 39.7 Å². The van der Waals surface area contributed by atoms with E-state index in [1.54, 1.807) is 6.92 Å². The monoisotopic (exact) mass is 309 g/mol. The summed E-state index contributed by atoms with van der Waals surface area (Å²) in [6.45, 7) is 1.78. The highest BCUT2D eigenvalue weighted by molar-refractivity contribution is 7.89. The number of carbonyl (C=O) groups is 2. The second-order valence-electron chi connectivity index (χ2n) is 4.40. The Kier molecular flexibility index (Phi) is 5.90. The maximum Gasteiger partial charge on any atom is 0.310 e. The Balaban J connectivity index is 2.83. The molecule has 1 aliphatic rings. The second-order valence-corrected chi connectivity index (χ2v) is 6.44. The molecular weight excluding hydrogens is 290 g/mol. The van der Waals surface area contributed by atoms with Crippen LogP contribution < -0.4 is 0 Å². The number of carboxylic acids is 1. The largest absolute Gasteiger partial charge is 0.481 e. The molecule has 2 unspecified atom stereocenters. The van der Waals surface area contributed by atoms with Crippen LogP contribution in [0.1, 0.15) is 13.3 Å². The highest BCUT2D eigenvalue weighted by Gasteiger charge is 2.42. The van der Waals surface area contributed by atoms with Gasteiger partial charge in [0.15, 0.2) is 0 Å². The van der Waals surface area contributed by atoms with Crippen molar-refractivity contribution in [2.45, 2.75) is 19.4 Å². The quantitative estimate of drug-likeness (QED) is 0.619. The number of carbonyl (C=O) groups excluding carboxylic acids is 1. The number of likely N-dealkylation sites (N-methyl/N-ethyl adjacent to an activating group) is 1. The molecule has 0 aromatic rings. The van der Waals surface area contributed by atoms with E-state index in [0.29, 0.717) is 0 Å². The third-order valence-electron chi connectivity index (χ3n) is 3.20. The van der Waals surface area contributed by atoms with E-state index in [1.165, 1.54) is 7.11 Å². The number of aliphatic carboxylic acids is 1. The Hall–Kier alpha value is -1.19. The number of sulfonamides is 1. The van der Waals surface area contributed by atoms with Crippen molar-refractivity contribution >= 4 is 22.0 Å². The maximum atomic E-state index is 12.2. The zero-order valence-corrected chi connectivity index (χ0v) is 12.3. The first-order valence-electron chi connectivity index (χ1n) is 6.20. The van der Waals surface area contributed by atoms with Gasteiger partial charge in [-0.3, -0.25) is 9.59 Å². The van der Waals surface area contributed by atoms with Crippen LogP contribution in [0.2, 0.25) is 0 Å². The van der Waals surface area contributed by atoms with Crippen molar-refractivity contribution in [3.63, 3.8) is 0 Å². The Morgan fingerprint density at radius 2 is 2.05 bits per heavy atom.